The third kappa shape index (κ3) is 2.89. The van der Waals surface area contributed by atoms with Gasteiger partial charge in [0, 0.05) is 6.92 Å². The van der Waals surface area contributed by atoms with Crippen molar-refractivity contribution in [2.24, 2.45) is 5.73 Å². The van der Waals surface area contributed by atoms with Crippen LogP contribution in [-0.2, 0) is 14.3 Å². The van der Waals surface area contributed by atoms with Crippen LogP contribution in [0.5, 0.6) is 0 Å². The zero-order valence-corrected chi connectivity index (χ0v) is 9.29. The molecule has 0 saturated carbocycles. The Bertz CT molecular complexity index is 250. The third-order valence-corrected chi connectivity index (χ3v) is 2.47. The minimum Gasteiger partial charge on any atom is -0.388 e. The first-order chi connectivity index (χ1) is 7.47. The monoisotopic (exact) mass is 234 g/mol. The molecule has 5 atom stereocenters. The van der Waals surface area contributed by atoms with Crippen LogP contribution in [0.2, 0.25) is 0 Å². The molecule has 16 heavy (non-hydrogen) atoms. The molecule has 5 N–H and O–H groups in total. The quantitative estimate of drug-likeness (QED) is 0.416. The fourth-order valence-electron chi connectivity index (χ4n) is 1.65. The molecule has 1 heterocycles. The van der Waals surface area contributed by atoms with Gasteiger partial charge in [-0.15, -0.1) is 0 Å². The Hall–Kier alpha value is -0.730. The number of nitrogens with two attached hydrogens (primary N) is 1. The minimum atomic E-state index is -1.15. The highest BCUT2D eigenvalue weighted by atomic mass is 16.7. The Morgan fingerprint density at radius 3 is 2.62 bits per heavy atom. The fourth-order valence-corrected chi connectivity index (χ4v) is 1.65. The van der Waals surface area contributed by atoms with Crippen LogP contribution >= 0.6 is 0 Å². The summed E-state index contributed by atoms with van der Waals surface area (Å²) in [5, 5.41) is 21.9. The lowest BCUT2D eigenvalue weighted by Gasteiger charge is -2.41. The van der Waals surface area contributed by atoms with Crippen molar-refractivity contribution in [1.29, 1.82) is 0 Å². The number of hydrogen-bond acceptors (Lipinski definition) is 6. The summed E-state index contributed by atoms with van der Waals surface area (Å²) in [7, 11) is 0. The Kier molecular flexibility index (Phi) is 4.63. The van der Waals surface area contributed by atoms with Gasteiger partial charge in [-0.1, -0.05) is 0 Å². The highest BCUT2D eigenvalue weighted by molar-refractivity contribution is 5.73. The zero-order chi connectivity index (χ0) is 12.3. The first-order valence-electron chi connectivity index (χ1n) is 5.07. The largest absolute Gasteiger partial charge is 0.388 e. The normalized spacial score (nSPS) is 39.4. The van der Waals surface area contributed by atoms with Gasteiger partial charge in [0.2, 0.25) is 5.91 Å². The molecule has 1 amide bonds. The molecule has 1 saturated heterocycles. The van der Waals surface area contributed by atoms with E-state index in [1.807, 2.05) is 0 Å². The molecule has 0 aromatic carbocycles. The van der Waals surface area contributed by atoms with Crippen molar-refractivity contribution < 1.29 is 24.5 Å². The maximum atomic E-state index is 10.9. The van der Waals surface area contributed by atoms with Crippen LogP contribution in [0.15, 0.2) is 0 Å². The number of carbonyl (C=O) groups excluding carboxylic acids is 1. The van der Waals surface area contributed by atoms with Crippen molar-refractivity contribution >= 4 is 5.91 Å². The van der Waals surface area contributed by atoms with Crippen molar-refractivity contribution in [3.63, 3.8) is 0 Å². The summed E-state index contributed by atoms with van der Waals surface area (Å²) in [5.74, 6) is -0.347. The number of carbonyl (C=O) groups is 1. The van der Waals surface area contributed by atoms with Crippen molar-refractivity contribution in [3.05, 3.63) is 0 Å². The molecule has 0 aromatic heterocycles. The van der Waals surface area contributed by atoms with Crippen LogP contribution in [-0.4, -0.2) is 53.5 Å². The Morgan fingerprint density at radius 1 is 1.50 bits per heavy atom. The maximum absolute atomic E-state index is 10.9. The van der Waals surface area contributed by atoms with Gasteiger partial charge in [-0.2, -0.15) is 0 Å². The lowest BCUT2D eigenvalue weighted by molar-refractivity contribution is -0.259. The smallest absolute Gasteiger partial charge is 0.217 e. The van der Waals surface area contributed by atoms with Crippen molar-refractivity contribution in [2.45, 2.75) is 44.5 Å². The van der Waals surface area contributed by atoms with Crippen LogP contribution in [0, 0.1) is 0 Å². The summed E-state index contributed by atoms with van der Waals surface area (Å²) >= 11 is 0. The number of hydrogen-bond donors (Lipinski definition) is 4. The number of aliphatic hydroxyl groups excluding tert-OH is 2. The van der Waals surface area contributed by atoms with E-state index in [9.17, 15) is 15.0 Å². The molecule has 7 heteroatoms. The van der Waals surface area contributed by atoms with Gasteiger partial charge in [-0.25, -0.2) is 0 Å². The van der Waals surface area contributed by atoms with E-state index in [0.717, 1.165) is 0 Å². The molecular formula is C9H18N2O5. The van der Waals surface area contributed by atoms with E-state index in [4.69, 9.17) is 15.2 Å². The summed E-state index contributed by atoms with van der Waals surface area (Å²) in [6, 6.07) is -0.827. The SMILES string of the molecule is CC(=O)NC1[C@H](OCN)OC(C)[C@H](O)[C@@H]1O. The molecule has 1 aliphatic rings. The predicted molar refractivity (Wildman–Crippen MR) is 54.1 cm³/mol. The Morgan fingerprint density at radius 2 is 2.12 bits per heavy atom. The summed E-state index contributed by atoms with van der Waals surface area (Å²) in [4.78, 5) is 10.9. The molecule has 94 valence electrons. The number of amides is 1. The number of ether oxygens (including phenoxy) is 2. The average Bonchev–Trinajstić information content (AvgIpc) is 2.21. The summed E-state index contributed by atoms with van der Waals surface area (Å²) in [5.41, 5.74) is 5.22. The second-order valence-electron chi connectivity index (χ2n) is 3.75. The van der Waals surface area contributed by atoms with Gasteiger partial charge < -0.3 is 30.7 Å². The number of rotatable bonds is 3. The highest BCUT2D eigenvalue weighted by Gasteiger charge is 2.43. The lowest BCUT2D eigenvalue weighted by atomic mass is 9.97. The maximum Gasteiger partial charge on any atom is 0.217 e. The van der Waals surface area contributed by atoms with E-state index < -0.39 is 30.6 Å². The molecule has 1 fully saturated rings. The van der Waals surface area contributed by atoms with Crippen molar-refractivity contribution in [1.82, 2.24) is 5.32 Å². The second kappa shape index (κ2) is 5.55. The van der Waals surface area contributed by atoms with Gasteiger partial charge in [0.05, 0.1) is 12.8 Å². The number of nitrogens with one attached hydrogen (secondary N) is 1. The molecule has 2 unspecified atom stereocenters. The van der Waals surface area contributed by atoms with Crippen LogP contribution in [0.4, 0.5) is 0 Å². The van der Waals surface area contributed by atoms with Crippen LogP contribution < -0.4 is 11.1 Å². The van der Waals surface area contributed by atoms with Gasteiger partial charge in [0.1, 0.15) is 18.2 Å². The van der Waals surface area contributed by atoms with Crippen LogP contribution in [0.1, 0.15) is 13.8 Å². The second-order valence-corrected chi connectivity index (χ2v) is 3.75. The van der Waals surface area contributed by atoms with E-state index in [1.165, 1.54) is 6.92 Å². The standard InChI is InChI=1S/C9H18N2O5/c1-4-7(13)8(14)6(11-5(2)12)9(16-4)15-3-10/h4,6-9,13-14H,3,10H2,1-2H3,(H,11,12)/t4?,6?,7-,8+,9+/m0/s1. The molecule has 0 aromatic rings. The van der Waals surface area contributed by atoms with Gasteiger partial charge in [0.15, 0.2) is 6.29 Å². The molecule has 0 bridgehead atoms. The zero-order valence-electron chi connectivity index (χ0n) is 9.29. The molecule has 0 spiro atoms. The third-order valence-electron chi connectivity index (χ3n) is 2.47. The minimum absolute atomic E-state index is 0.101. The molecule has 1 aliphatic heterocycles. The molecule has 1 rings (SSSR count). The first-order valence-corrected chi connectivity index (χ1v) is 5.07. The van der Waals surface area contributed by atoms with Crippen LogP contribution in [0.25, 0.3) is 0 Å². The van der Waals surface area contributed by atoms with E-state index in [0.29, 0.717) is 0 Å². The Labute approximate surface area is 93.5 Å². The lowest BCUT2D eigenvalue weighted by Crippen LogP contribution is -2.63. The average molecular weight is 234 g/mol. The van der Waals surface area contributed by atoms with Crippen molar-refractivity contribution in [3.8, 4) is 0 Å². The van der Waals surface area contributed by atoms with E-state index in [2.05, 4.69) is 5.32 Å². The van der Waals surface area contributed by atoms with Gasteiger partial charge >= 0.3 is 0 Å². The Balaban J connectivity index is 2.75. The van der Waals surface area contributed by atoms with E-state index in [1.54, 1.807) is 6.92 Å². The number of aliphatic hydroxyl groups is 2. The van der Waals surface area contributed by atoms with E-state index in [-0.39, 0.29) is 12.6 Å². The summed E-state index contributed by atoms with van der Waals surface area (Å²) in [6.07, 6.45) is -3.67. The molecule has 0 aliphatic carbocycles. The van der Waals surface area contributed by atoms with Gasteiger partial charge in [-0.3, -0.25) is 4.79 Å². The highest BCUT2D eigenvalue weighted by Crippen LogP contribution is 2.21. The van der Waals surface area contributed by atoms with E-state index >= 15 is 0 Å². The molecular weight excluding hydrogens is 216 g/mol. The summed E-state index contributed by atoms with van der Waals surface area (Å²) < 4.78 is 10.4. The summed E-state index contributed by atoms with van der Waals surface area (Å²) in [6.45, 7) is 2.80. The predicted octanol–water partition coefficient (Wildman–Crippen LogP) is -2.11. The van der Waals surface area contributed by atoms with Crippen molar-refractivity contribution in [2.75, 3.05) is 6.73 Å². The molecule has 7 nitrogen and oxygen atoms in total. The topological polar surface area (TPSA) is 114 Å². The van der Waals surface area contributed by atoms with Gasteiger partial charge in [-0.05, 0) is 6.92 Å². The van der Waals surface area contributed by atoms with Crippen LogP contribution in [0.3, 0.4) is 0 Å². The van der Waals surface area contributed by atoms with Gasteiger partial charge in [0.25, 0.3) is 0 Å². The molecule has 0 radical (unpaired) electrons. The fraction of sp³-hybridized carbons (Fsp3) is 0.889. The first kappa shape index (κ1) is 13.3.